The highest BCUT2D eigenvalue weighted by Gasteiger charge is 2.26. The summed E-state index contributed by atoms with van der Waals surface area (Å²) in [6, 6.07) is 12.1. The van der Waals surface area contributed by atoms with Gasteiger partial charge in [0.15, 0.2) is 0 Å². The van der Waals surface area contributed by atoms with Crippen LogP contribution in [0.25, 0.3) is 0 Å². The van der Waals surface area contributed by atoms with Gasteiger partial charge in [-0.1, -0.05) is 12.1 Å². The Morgan fingerprint density at radius 2 is 2.12 bits per heavy atom. The van der Waals surface area contributed by atoms with E-state index in [1.165, 1.54) is 13.2 Å². The second-order valence-corrected chi connectivity index (χ2v) is 7.49. The van der Waals surface area contributed by atoms with Gasteiger partial charge in [-0.25, -0.2) is 18.1 Å². The van der Waals surface area contributed by atoms with Gasteiger partial charge < -0.3 is 9.64 Å². The molecule has 1 N–H and O–H groups in total. The Morgan fingerprint density at radius 3 is 2.88 bits per heavy atom. The molecule has 7 heteroatoms. The highest BCUT2D eigenvalue weighted by molar-refractivity contribution is 7.89. The number of hydrogen-bond donors (Lipinski definition) is 1. The minimum atomic E-state index is -3.58. The van der Waals surface area contributed by atoms with Gasteiger partial charge in [-0.15, -0.1) is 0 Å². The zero-order valence-corrected chi connectivity index (χ0v) is 14.4. The van der Waals surface area contributed by atoms with Crippen molar-refractivity contribution in [1.29, 1.82) is 0 Å². The molecular formula is C17H21N3O3S. The summed E-state index contributed by atoms with van der Waals surface area (Å²) >= 11 is 0. The number of anilines is 1. The summed E-state index contributed by atoms with van der Waals surface area (Å²) in [6.07, 6.45) is 3.48. The Kier molecular flexibility index (Phi) is 5.01. The molecule has 1 aromatic heterocycles. The number of nitrogens with zero attached hydrogens (tertiary/aromatic N) is 2. The van der Waals surface area contributed by atoms with Crippen LogP contribution in [0.4, 0.5) is 5.82 Å². The molecule has 2 aromatic rings. The second-order valence-electron chi connectivity index (χ2n) is 5.77. The highest BCUT2D eigenvalue weighted by atomic mass is 32.2. The molecule has 1 aliphatic heterocycles. The van der Waals surface area contributed by atoms with Gasteiger partial charge in [-0.3, -0.25) is 0 Å². The predicted octanol–water partition coefficient (Wildman–Crippen LogP) is 2.04. The van der Waals surface area contributed by atoms with E-state index in [1.54, 1.807) is 24.4 Å². The number of hydrogen-bond acceptors (Lipinski definition) is 5. The summed E-state index contributed by atoms with van der Waals surface area (Å²) in [5.74, 6) is 1.40. The van der Waals surface area contributed by atoms with Crippen LogP contribution < -0.4 is 14.4 Å². The number of aromatic nitrogens is 1. The second kappa shape index (κ2) is 7.19. The highest BCUT2D eigenvalue weighted by Crippen LogP contribution is 2.21. The van der Waals surface area contributed by atoms with Crippen LogP contribution in [0.3, 0.4) is 0 Å². The maximum absolute atomic E-state index is 12.6. The van der Waals surface area contributed by atoms with E-state index in [0.29, 0.717) is 12.3 Å². The monoisotopic (exact) mass is 347 g/mol. The van der Waals surface area contributed by atoms with Gasteiger partial charge in [0.2, 0.25) is 10.0 Å². The summed E-state index contributed by atoms with van der Waals surface area (Å²) in [5, 5.41) is 0. The number of methoxy groups -OCH3 is 1. The molecule has 2 heterocycles. The lowest BCUT2D eigenvalue weighted by Crippen LogP contribution is -2.47. The molecule has 1 aliphatic rings. The minimum absolute atomic E-state index is 0.142. The molecule has 128 valence electrons. The quantitative estimate of drug-likeness (QED) is 0.896. The summed E-state index contributed by atoms with van der Waals surface area (Å²) in [6.45, 7) is 1.49. The number of ether oxygens (including phenoxy) is 1. The first kappa shape index (κ1) is 16.7. The average molecular weight is 347 g/mol. The van der Waals surface area contributed by atoms with Crippen LogP contribution in [0.5, 0.6) is 5.75 Å². The van der Waals surface area contributed by atoms with Gasteiger partial charge in [0.25, 0.3) is 0 Å². The summed E-state index contributed by atoms with van der Waals surface area (Å²) in [4.78, 5) is 6.68. The molecule has 0 unspecified atom stereocenters. The van der Waals surface area contributed by atoms with Gasteiger partial charge in [0.1, 0.15) is 11.6 Å². The van der Waals surface area contributed by atoms with Gasteiger partial charge >= 0.3 is 0 Å². The number of rotatable bonds is 5. The smallest absolute Gasteiger partial charge is 0.241 e. The first-order valence-electron chi connectivity index (χ1n) is 7.91. The zero-order chi connectivity index (χ0) is 17.0. The molecular weight excluding hydrogens is 326 g/mol. The van der Waals surface area contributed by atoms with E-state index in [-0.39, 0.29) is 10.9 Å². The van der Waals surface area contributed by atoms with Crippen molar-refractivity contribution in [2.45, 2.75) is 23.8 Å². The van der Waals surface area contributed by atoms with E-state index in [9.17, 15) is 8.42 Å². The molecule has 0 aliphatic carbocycles. The average Bonchev–Trinajstić information content (AvgIpc) is 2.62. The first-order valence-corrected chi connectivity index (χ1v) is 9.39. The van der Waals surface area contributed by atoms with Gasteiger partial charge in [-0.05, 0) is 37.1 Å². The minimum Gasteiger partial charge on any atom is -0.497 e. The van der Waals surface area contributed by atoms with Crippen molar-refractivity contribution in [3.05, 3.63) is 48.7 Å². The van der Waals surface area contributed by atoms with Crippen LogP contribution in [0, 0.1) is 0 Å². The van der Waals surface area contributed by atoms with Crippen molar-refractivity contribution in [2.24, 2.45) is 0 Å². The maximum atomic E-state index is 12.6. The third-order valence-electron chi connectivity index (χ3n) is 4.07. The Balaban J connectivity index is 1.72. The SMILES string of the molecule is COc1cccc(S(=O)(=O)N[C@@H]2CCCN(c3ccccn3)C2)c1. The Bertz CT molecular complexity index is 781. The molecule has 6 nitrogen and oxygen atoms in total. The largest absolute Gasteiger partial charge is 0.497 e. The van der Waals surface area contributed by atoms with Gasteiger partial charge in [-0.2, -0.15) is 0 Å². The molecule has 3 rings (SSSR count). The fraction of sp³-hybridized carbons (Fsp3) is 0.353. The predicted molar refractivity (Wildman–Crippen MR) is 92.8 cm³/mol. The number of pyridine rings is 1. The van der Waals surface area contributed by atoms with Crippen molar-refractivity contribution >= 4 is 15.8 Å². The summed E-state index contributed by atoms with van der Waals surface area (Å²) in [7, 11) is -2.06. The topological polar surface area (TPSA) is 71.5 Å². The normalized spacial score (nSPS) is 18.4. The molecule has 24 heavy (non-hydrogen) atoms. The first-order chi connectivity index (χ1) is 11.6. The van der Waals surface area contributed by atoms with E-state index in [1.807, 2.05) is 18.2 Å². The molecule has 0 amide bonds. The fourth-order valence-electron chi connectivity index (χ4n) is 2.88. The zero-order valence-electron chi connectivity index (χ0n) is 13.6. The molecule has 0 radical (unpaired) electrons. The van der Waals surface area contributed by atoms with E-state index >= 15 is 0 Å². The van der Waals surface area contributed by atoms with Crippen molar-refractivity contribution in [3.8, 4) is 5.75 Å². The number of piperidine rings is 1. The van der Waals surface area contributed by atoms with E-state index in [4.69, 9.17) is 4.74 Å². The molecule has 1 saturated heterocycles. The van der Waals surface area contributed by atoms with Crippen molar-refractivity contribution < 1.29 is 13.2 Å². The number of sulfonamides is 1. The molecule has 1 fully saturated rings. The van der Waals surface area contributed by atoms with Crippen molar-refractivity contribution in [3.63, 3.8) is 0 Å². The Morgan fingerprint density at radius 1 is 1.25 bits per heavy atom. The fourth-order valence-corrected chi connectivity index (χ4v) is 4.17. The van der Waals surface area contributed by atoms with E-state index < -0.39 is 10.0 Å². The molecule has 0 saturated carbocycles. The van der Waals surface area contributed by atoms with E-state index in [0.717, 1.165) is 25.2 Å². The van der Waals surface area contributed by atoms with Crippen LogP contribution in [0.2, 0.25) is 0 Å². The third kappa shape index (κ3) is 3.85. The van der Waals surface area contributed by atoms with Crippen LogP contribution in [-0.4, -0.2) is 39.6 Å². The van der Waals surface area contributed by atoms with Gasteiger partial charge in [0, 0.05) is 31.4 Å². The van der Waals surface area contributed by atoms with Crippen LogP contribution >= 0.6 is 0 Å². The van der Waals surface area contributed by atoms with Crippen LogP contribution in [0.15, 0.2) is 53.6 Å². The standard InChI is InChI=1S/C17H21N3O3S/c1-23-15-7-4-8-16(12-15)24(21,22)19-14-6-5-11-20(13-14)17-9-2-3-10-18-17/h2-4,7-10,12,14,19H,5-6,11,13H2,1H3/t14-/m1/s1. The number of benzene rings is 1. The third-order valence-corrected chi connectivity index (χ3v) is 5.59. The molecule has 1 aromatic carbocycles. The summed E-state index contributed by atoms with van der Waals surface area (Å²) in [5.41, 5.74) is 0. The van der Waals surface area contributed by atoms with Gasteiger partial charge in [0.05, 0.1) is 12.0 Å². The van der Waals surface area contributed by atoms with Crippen LogP contribution in [-0.2, 0) is 10.0 Å². The lowest BCUT2D eigenvalue weighted by atomic mass is 10.1. The molecule has 0 spiro atoms. The number of nitrogens with one attached hydrogen (secondary N) is 1. The Hall–Kier alpha value is -2.12. The van der Waals surface area contributed by atoms with Crippen molar-refractivity contribution in [2.75, 3.05) is 25.1 Å². The van der Waals surface area contributed by atoms with E-state index in [2.05, 4.69) is 14.6 Å². The van der Waals surface area contributed by atoms with Crippen molar-refractivity contribution in [1.82, 2.24) is 9.71 Å². The van der Waals surface area contributed by atoms with Crippen LogP contribution in [0.1, 0.15) is 12.8 Å². The summed E-state index contributed by atoms with van der Waals surface area (Å²) < 4.78 is 33.1. The lowest BCUT2D eigenvalue weighted by molar-refractivity contribution is 0.413. The molecule has 0 bridgehead atoms. The Labute approximate surface area is 142 Å². The maximum Gasteiger partial charge on any atom is 0.241 e. The lowest BCUT2D eigenvalue weighted by Gasteiger charge is -2.33. The molecule has 1 atom stereocenters.